The van der Waals surface area contributed by atoms with E-state index in [1.807, 2.05) is 0 Å². The molecule has 1 aromatic carbocycles. The van der Waals surface area contributed by atoms with E-state index in [4.69, 9.17) is 16.7 Å². The average Bonchev–Trinajstić information content (AvgIpc) is 2.20. The average molecular weight is 278 g/mol. The number of halogens is 1. The predicted octanol–water partition coefficient (Wildman–Crippen LogP) is 1.70. The summed E-state index contributed by atoms with van der Waals surface area (Å²) in [6.07, 6.45) is -0.156. The highest BCUT2D eigenvalue weighted by Crippen LogP contribution is 2.19. The highest BCUT2D eigenvalue weighted by Gasteiger charge is 2.16. The van der Waals surface area contributed by atoms with Crippen LogP contribution in [0.5, 0.6) is 0 Å². The molecule has 0 aliphatic carbocycles. The zero-order chi connectivity index (χ0) is 13.1. The largest absolute Gasteiger partial charge is 0.393 e. The van der Waals surface area contributed by atoms with Crippen molar-refractivity contribution >= 4 is 21.6 Å². The van der Waals surface area contributed by atoms with Crippen LogP contribution in [0, 0.1) is 6.92 Å². The molecule has 0 saturated heterocycles. The summed E-state index contributed by atoms with van der Waals surface area (Å²) < 4.78 is 26.3. The van der Waals surface area contributed by atoms with E-state index in [9.17, 15) is 8.42 Å². The Labute approximate surface area is 107 Å². The highest BCUT2D eigenvalue weighted by molar-refractivity contribution is 7.89. The highest BCUT2D eigenvalue weighted by atomic mass is 35.5. The molecule has 96 valence electrons. The number of hydrogen-bond acceptors (Lipinski definition) is 3. The van der Waals surface area contributed by atoms with E-state index in [0.29, 0.717) is 17.0 Å². The first kappa shape index (κ1) is 14.4. The van der Waals surface area contributed by atoms with Gasteiger partial charge in [-0.2, -0.15) is 0 Å². The van der Waals surface area contributed by atoms with Crippen LogP contribution >= 0.6 is 11.6 Å². The second-order valence-corrected chi connectivity index (χ2v) is 6.12. The molecule has 4 nitrogen and oxygen atoms in total. The fourth-order valence-corrected chi connectivity index (χ4v) is 2.90. The minimum absolute atomic E-state index is 0.176. The van der Waals surface area contributed by atoms with E-state index >= 15 is 0 Å². The lowest BCUT2D eigenvalue weighted by molar-refractivity contribution is 0.186. The molecule has 0 saturated carbocycles. The second kappa shape index (κ2) is 5.82. The summed E-state index contributed by atoms with van der Waals surface area (Å²) in [6.45, 7) is 3.52. The van der Waals surface area contributed by atoms with Gasteiger partial charge in [-0.25, -0.2) is 13.1 Å². The van der Waals surface area contributed by atoms with Crippen molar-refractivity contribution in [2.75, 3.05) is 6.54 Å². The third-order valence-electron chi connectivity index (χ3n) is 2.29. The molecule has 6 heteroatoms. The summed E-state index contributed by atoms with van der Waals surface area (Å²) in [5.41, 5.74) is 0.638. The predicted molar refractivity (Wildman–Crippen MR) is 67.7 cm³/mol. The molecular weight excluding hydrogens is 262 g/mol. The fourth-order valence-electron chi connectivity index (χ4n) is 1.34. The Morgan fingerprint density at radius 3 is 2.71 bits per heavy atom. The van der Waals surface area contributed by atoms with E-state index < -0.39 is 16.1 Å². The Morgan fingerprint density at radius 2 is 2.12 bits per heavy atom. The Hall–Kier alpha value is -0.620. The molecule has 0 heterocycles. The zero-order valence-electron chi connectivity index (χ0n) is 9.77. The summed E-state index contributed by atoms with van der Waals surface area (Å²) >= 11 is 5.78. The van der Waals surface area contributed by atoms with Gasteiger partial charge in [0.25, 0.3) is 0 Å². The van der Waals surface area contributed by atoms with Crippen LogP contribution in [-0.4, -0.2) is 26.2 Å². The van der Waals surface area contributed by atoms with Crippen LogP contribution in [0.4, 0.5) is 0 Å². The van der Waals surface area contributed by atoms with Gasteiger partial charge in [-0.15, -0.1) is 0 Å². The van der Waals surface area contributed by atoms with Crippen LogP contribution < -0.4 is 4.72 Å². The van der Waals surface area contributed by atoms with E-state index in [1.165, 1.54) is 6.07 Å². The Bertz CT molecular complexity index is 485. The molecule has 0 spiro atoms. The SMILES string of the molecule is Cc1ccc(Cl)cc1S(=O)(=O)NCCC(C)O. The molecule has 0 amide bonds. The summed E-state index contributed by atoms with van der Waals surface area (Å²) in [5.74, 6) is 0. The van der Waals surface area contributed by atoms with Gasteiger partial charge in [0, 0.05) is 11.6 Å². The standard InChI is InChI=1S/C11H16ClNO3S/c1-8-3-4-10(12)7-11(8)17(15,16)13-6-5-9(2)14/h3-4,7,9,13-14H,5-6H2,1-2H3. The Balaban J connectivity index is 2.86. The molecular formula is C11H16ClNO3S. The van der Waals surface area contributed by atoms with E-state index in [2.05, 4.69) is 4.72 Å². The molecule has 1 unspecified atom stereocenters. The smallest absolute Gasteiger partial charge is 0.240 e. The van der Waals surface area contributed by atoms with Gasteiger partial charge >= 0.3 is 0 Å². The second-order valence-electron chi connectivity index (χ2n) is 3.95. The maximum atomic E-state index is 11.9. The van der Waals surface area contributed by atoms with Crippen molar-refractivity contribution in [1.82, 2.24) is 4.72 Å². The van der Waals surface area contributed by atoms with Gasteiger partial charge in [0.15, 0.2) is 0 Å². The van der Waals surface area contributed by atoms with Crippen molar-refractivity contribution in [3.05, 3.63) is 28.8 Å². The molecule has 17 heavy (non-hydrogen) atoms. The van der Waals surface area contributed by atoms with Crippen LogP contribution in [0.15, 0.2) is 23.1 Å². The van der Waals surface area contributed by atoms with Crippen LogP contribution in [0.1, 0.15) is 18.9 Å². The maximum Gasteiger partial charge on any atom is 0.240 e. The molecule has 0 aliphatic rings. The Morgan fingerprint density at radius 1 is 1.47 bits per heavy atom. The number of benzene rings is 1. The van der Waals surface area contributed by atoms with Crippen molar-refractivity contribution in [2.45, 2.75) is 31.3 Å². The number of sulfonamides is 1. The van der Waals surface area contributed by atoms with Gasteiger partial charge in [-0.1, -0.05) is 17.7 Å². The third kappa shape index (κ3) is 4.27. The normalized spacial score (nSPS) is 13.6. The molecule has 0 aromatic heterocycles. The van der Waals surface area contributed by atoms with Gasteiger partial charge < -0.3 is 5.11 Å². The van der Waals surface area contributed by atoms with Gasteiger partial charge in [0.2, 0.25) is 10.0 Å². The summed E-state index contributed by atoms with van der Waals surface area (Å²) in [4.78, 5) is 0.176. The number of rotatable bonds is 5. The van der Waals surface area contributed by atoms with Crippen LogP contribution in [0.3, 0.4) is 0 Å². The lowest BCUT2D eigenvalue weighted by Crippen LogP contribution is -2.27. The van der Waals surface area contributed by atoms with Crippen molar-refractivity contribution in [3.8, 4) is 0 Å². The minimum Gasteiger partial charge on any atom is -0.393 e. The fraction of sp³-hybridized carbons (Fsp3) is 0.455. The van der Waals surface area contributed by atoms with Crippen LogP contribution in [0.25, 0.3) is 0 Å². The number of aliphatic hydroxyl groups excluding tert-OH is 1. The molecule has 1 rings (SSSR count). The van der Waals surface area contributed by atoms with E-state index in [0.717, 1.165) is 0 Å². The van der Waals surface area contributed by atoms with Crippen LogP contribution in [-0.2, 0) is 10.0 Å². The minimum atomic E-state index is -3.55. The van der Waals surface area contributed by atoms with E-state index in [1.54, 1.807) is 26.0 Å². The first-order chi connectivity index (χ1) is 7.83. The quantitative estimate of drug-likeness (QED) is 0.861. The molecule has 0 radical (unpaired) electrons. The summed E-state index contributed by atoms with van der Waals surface area (Å²) in [7, 11) is -3.55. The zero-order valence-corrected chi connectivity index (χ0v) is 11.3. The summed E-state index contributed by atoms with van der Waals surface area (Å²) in [6, 6.07) is 4.72. The molecule has 0 bridgehead atoms. The molecule has 0 fully saturated rings. The summed E-state index contributed by atoms with van der Waals surface area (Å²) in [5, 5.41) is 9.44. The first-order valence-corrected chi connectivity index (χ1v) is 7.13. The van der Waals surface area contributed by atoms with Gasteiger partial charge in [-0.05, 0) is 38.0 Å². The number of aliphatic hydroxyl groups is 1. The van der Waals surface area contributed by atoms with Crippen LogP contribution in [0.2, 0.25) is 5.02 Å². The number of hydrogen-bond donors (Lipinski definition) is 2. The number of nitrogens with one attached hydrogen (secondary N) is 1. The topological polar surface area (TPSA) is 66.4 Å². The van der Waals surface area contributed by atoms with Crippen molar-refractivity contribution in [1.29, 1.82) is 0 Å². The molecule has 2 N–H and O–H groups in total. The lowest BCUT2D eigenvalue weighted by Gasteiger charge is -2.10. The Kier molecular flexibility index (Phi) is 4.94. The maximum absolute atomic E-state index is 11.9. The van der Waals surface area contributed by atoms with Gasteiger partial charge in [-0.3, -0.25) is 0 Å². The molecule has 1 aromatic rings. The molecule has 0 aliphatic heterocycles. The number of aryl methyl sites for hydroxylation is 1. The van der Waals surface area contributed by atoms with Gasteiger partial charge in [0.1, 0.15) is 0 Å². The van der Waals surface area contributed by atoms with Crippen molar-refractivity contribution < 1.29 is 13.5 Å². The van der Waals surface area contributed by atoms with Crippen molar-refractivity contribution in [2.24, 2.45) is 0 Å². The van der Waals surface area contributed by atoms with Gasteiger partial charge in [0.05, 0.1) is 11.0 Å². The van der Waals surface area contributed by atoms with E-state index in [-0.39, 0.29) is 11.4 Å². The monoisotopic (exact) mass is 277 g/mol. The van der Waals surface area contributed by atoms with Crippen molar-refractivity contribution in [3.63, 3.8) is 0 Å². The third-order valence-corrected chi connectivity index (χ3v) is 4.13. The lowest BCUT2D eigenvalue weighted by atomic mass is 10.2. The first-order valence-electron chi connectivity index (χ1n) is 5.27. The molecule has 1 atom stereocenters.